The number of halogens is 9. The van der Waals surface area contributed by atoms with E-state index in [0.717, 1.165) is 10.8 Å². The summed E-state index contributed by atoms with van der Waals surface area (Å²) in [6.07, 6.45) is -10.9. The van der Waals surface area contributed by atoms with Crippen LogP contribution in [-0.2, 0) is 43.0 Å². The summed E-state index contributed by atoms with van der Waals surface area (Å²) in [6, 6.07) is 22.4. The van der Waals surface area contributed by atoms with Crippen molar-refractivity contribution in [1.82, 2.24) is 0 Å². The molecule has 258 valence electrons. The van der Waals surface area contributed by atoms with Crippen molar-refractivity contribution in [3.8, 4) is 0 Å². The average Bonchev–Trinajstić information content (AvgIpc) is 2.94. The molecular weight excluding hydrogens is 712 g/mol. The standard InChI is InChI=1S/C13H9F5O3S.C13H10F4O4S.3Li.2H2O.H/c2*14-12(15,13(16,17)22(18,19)20)21-8-9-5-6-10-3-1-2-4-11(10)7-9;;;;;;/h1-7H,8H2;1-7H,8H2,(H,18,19,20);;;;2*1H2;/q;;3*+1;;;-1/p-2. The molecule has 49 heavy (non-hydrogen) atoms. The minimum absolute atomic E-state index is 0. The van der Waals surface area contributed by atoms with Crippen molar-refractivity contribution >= 4 is 41.9 Å². The number of ether oxygens (including phenoxy) is 2. The van der Waals surface area contributed by atoms with Crippen molar-refractivity contribution < 1.29 is 139 Å². The van der Waals surface area contributed by atoms with E-state index in [0.29, 0.717) is 10.8 Å². The van der Waals surface area contributed by atoms with Gasteiger partial charge in [-0.3, -0.25) is 0 Å². The van der Waals surface area contributed by atoms with Crippen molar-refractivity contribution in [2.45, 2.75) is 35.9 Å². The zero-order valence-electron chi connectivity index (χ0n) is 26.5. The van der Waals surface area contributed by atoms with Gasteiger partial charge in [0.05, 0.1) is 13.2 Å². The van der Waals surface area contributed by atoms with Crippen LogP contribution in [0.2, 0.25) is 0 Å². The summed E-state index contributed by atoms with van der Waals surface area (Å²) in [4.78, 5) is 0. The maximum absolute atomic E-state index is 13.1. The summed E-state index contributed by atoms with van der Waals surface area (Å²) in [5.74, 6) is 0. The van der Waals surface area contributed by atoms with E-state index in [-0.39, 0.29) is 80.1 Å². The molecule has 0 amide bonds. The van der Waals surface area contributed by atoms with Gasteiger partial charge in [-0.2, -0.15) is 43.5 Å². The van der Waals surface area contributed by atoms with Gasteiger partial charge in [0.2, 0.25) is 0 Å². The molecule has 4 rings (SSSR count). The number of alkyl halides is 8. The summed E-state index contributed by atoms with van der Waals surface area (Å²) in [6.45, 7) is -1.99. The van der Waals surface area contributed by atoms with Crippen molar-refractivity contribution in [2.24, 2.45) is 0 Å². The second-order valence-corrected chi connectivity index (χ2v) is 11.7. The molecule has 0 aliphatic heterocycles. The Morgan fingerprint density at radius 3 is 1.18 bits per heavy atom. The van der Waals surface area contributed by atoms with E-state index < -0.39 is 56.3 Å². The molecule has 0 radical (unpaired) electrons. The Balaban J connectivity index is -0.000000378. The Kier molecular flexibility index (Phi) is 20.2. The number of rotatable bonds is 10. The van der Waals surface area contributed by atoms with Crippen molar-refractivity contribution in [3.05, 3.63) is 96.1 Å². The molecule has 0 spiro atoms. The molecule has 23 heteroatoms. The SMILES string of the molecule is O.O=S(=O)(F)C(F)(F)C(F)(F)OCc1ccc2ccccc2c1.O=S(=O)([O-])C(F)(F)C(F)(F)OCc1ccc2ccccc2c1.[H-].[Li+].[Li+].[Li+].[OH-]. The van der Waals surface area contributed by atoms with E-state index in [2.05, 4.69) is 9.47 Å². The van der Waals surface area contributed by atoms with Gasteiger partial charge in [-0.1, -0.05) is 76.7 Å². The van der Waals surface area contributed by atoms with Crippen LogP contribution in [0.4, 0.5) is 39.0 Å². The summed E-state index contributed by atoms with van der Waals surface area (Å²) in [5.41, 5.74) is 0.225. The van der Waals surface area contributed by atoms with E-state index in [1.54, 1.807) is 60.7 Å². The average molecular weight is 734 g/mol. The number of hydrogen-bond donors (Lipinski definition) is 0. The van der Waals surface area contributed by atoms with Crippen LogP contribution in [0.25, 0.3) is 21.5 Å². The largest absolute Gasteiger partial charge is 1.00 e. The van der Waals surface area contributed by atoms with Crippen molar-refractivity contribution in [2.75, 3.05) is 0 Å². The van der Waals surface area contributed by atoms with Gasteiger partial charge in [-0.15, -0.1) is 0 Å². The number of benzene rings is 4. The van der Waals surface area contributed by atoms with Crippen LogP contribution < -0.4 is 56.6 Å². The van der Waals surface area contributed by atoms with E-state index in [4.69, 9.17) is 0 Å². The smallest absolute Gasteiger partial charge is 1.00 e. The fourth-order valence-corrected chi connectivity index (χ4v) is 4.15. The van der Waals surface area contributed by atoms with E-state index in [9.17, 15) is 60.4 Å². The fraction of sp³-hybridized carbons (Fsp3) is 0.231. The molecule has 9 nitrogen and oxygen atoms in total. The first-order chi connectivity index (χ1) is 20.1. The Morgan fingerprint density at radius 2 is 0.878 bits per heavy atom. The summed E-state index contributed by atoms with van der Waals surface area (Å²) >= 11 is 0. The van der Waals surface area contributed by atoms with E-state index in [1.807, 2.05) is 0 Å². The molecule has 0 aromatic heterocycles. The van der Waals surface area contributed by atoms with Gasteiger partial charge in [0, 0.05) is 0 Å². The second kappa shape index (κ2) is 19.2. The molecule has 4 aromatic rings. The monoisotopic (exact) mass is 734 g/mol. The van der Waals surface area contributed by atoms with E-state index >= 15 is 0 Å². The number of fused-ring (bicyclic) bond motifs is 2. The molecule has 0 unspecified atom stereocenters. The van der Waals surface area contributed by atoms with Gasteiger partial charge >= 0.3 is 89.5 Å². The number of hydrogen-bond acceptors (Lipinski definition) is 8. The van der Waals surface area contributed by atoms with Gasteiger partial charge in [-0.25, -0.2) is 8.42 Å². The van der Waals surface area contributed by atoms with Gasteiger partial charge in [0.25, 0.3) is 0 Å². The molecule has 3 N–H and O–H groups in total. The van der Waals surface area contributed by atoms with Gasteiger partial charge in [0.1, 0.15) is 0 Å². The van der Waals surface area contributed by atoms with Crippen LogP contribution in [0.5, 0.6) is 0 Å². The minimum Gasteiger partial charge on any atom is -1.00 e. The zero-order chi connectivity index (χ0) is 33.2. The molecule has 0 aliphatic carbocycles. The van der Waals surface area contributed by atoms with Crippen LogP contribution in [0, 0.1) is 0 Å². The predicted octanol–water partition coefficient (Wildman–Crippen LogP) is -2.95. The van der Waals surface area contributed by atoms with Crippen LogP contribution in [0.3, 0.4) is 0 Å². The van der Waals surface area contributed by atoms with Crippen LogP contribution >= 0.6 is 0 Å². The third kappa shape index (κ3) is 12.2. The molecular formula is C26H22F9Li3O9S2. The molecule has 0 heterocycles. The first-order valence-electron chi connectivity index (χ1n) is 11.7. The molecule has 0 aliphatic rings. The third-order valence-electron chi connectivity index (χ3n) is 5.77. The topological polar surface area (TPSA) is 171 Å². The summed E-state index contributed by atoms with van der Waals surface area (Å²) in [5, 5.41) is -8.92. The molecule has 0 saturated heterocycles. The molecule has 4 aromatic carbocycles. The van der Waals surface area contributed by atoms with Gasteiger partial charge < -0.3 is 26.4 Å². The van der Waals surface area contributed by atoms with Crippen LogP contribution in [-0.4, -0.2) is 55.1 Å². The summed E-state index contributed by atoms with van der Waals surface area (Å²) in [7, 11) is -13.4. The molecule has 0 bridgehead atoms. The normalized spacial score (nSPS) is 12.1. The zero-order valence-corrected chi connectivity index (χ0v) is 27.2. The van der Waals surface area contributed by atoms with Gasteiger partial charge in [-0.05, 0) is 44.8 Å². The van der Waals surface area contributed by atoms with Crippen molar-refractivity contribution in [3.63, 3.8) is 0 Å². The first kappa shape index (κ1) is 51.6. The fourth-order valence-electron chi connectivity index (χ4n) is 3.46. The summed E-state index contributed by atoms with van der Waals surface area (Å²) < 4.78 is 174. The first-order valence-corrected chi connectivity index (χ1v) is 14.5. The third-order valence-corrected chi connectivity index (χ3v) is 7.48. The van der Waals surface area contributed by atoms with Crippen molar-refractivity contribution in [1.29, 1.82) is 0 Å². The maximum atomic E-state index is 13.1. The van der Waals surface area contributed by atoms with Gasteiger partial charge in [0.15, 0.2) is 10.1 Å². The molecule has 0 saturated carbocycles. The van der Waals surface area contributed by atoms with Crippen LogP contribution in [0.15, 0.2) is 84.9 Å². The molecule has 0 atom stereocenters. The predicted molar refractivity (Wildman–Crippen MR) is 144 cm³/mol. The van der Waals surface area contributed by atoms with E-state index in [1.165, 1.54) is 24.3 Å². The minimum atomic E-state index is -6.81. The molecule has 0 fully saturated rings. The Hall–Kier alpha value is -1.74. The van der Waals surface area contributed by atoms with Crippen LogP contribution in [0.1, 0.15) is 12.6 Å². The quantitative estimate of drug-likeness (QED) is 0.0721. The Labute approximate surface area is 311 Å². The maximum Gasteiger partial charge on any atom is 1.00 e. The Morgan fingerprint density at radius 1 is 0.571 bits per heavy atom. The Bertz CT molecular complexity index is 1740. The second-order valence-electron chi connectivity index (χ2n) is 8.90.